The van der Waals surface area contributed by atoms with E-state index in [-0.39, 0.29) is 29.1 Å². The number of carbonyl (C=O) groups excluding carboxylic acids is 2. The van der Waals surface area contributed by atoms with Crippen molar-refractivity contribution in [3.05, 3.63) is 63.9 Å². The Hall–Kier alpha value is -3.87. The van der Waals surface area contributed by atoms with Gasteiger partial charge in [0.05, 0.1) is 28.6 Å². The molecule has 1 aliphatic heterocycles. The molecule has 2 atom stereocenters. The van der Waals surface area contributed by atoms with Gasteiger partial charge in [0.2, 0.25) is 11.3 Å². The molecule has 1 unspecified atom stereocenters. The minimum atomic E-state index is -4.78. The van der Waals surface area contributed by atoms with Crippen LogP contribution in [0.4, 0.5) is 27.8 Å². The molecule has 1 aromatic carbocycles. The number of aromatic nitrogens is 2. The fourth-order valence-corrected chi connectivity index (χ4v) is 4.35. The third-order valence-electron chi connectivity index (χ3n) is 7.23. The van der Waals surface area contributed by atoms with Crippen LogP contribution in [0.25, 0.3) is 16.7 Å². The number of hydrogen-bond donors (Lipinski definition) is 2. The Morgan fingerprint density at radius 2 is 1.82 bits per heavy atom. The molecule has 39 heavy (non-hydrogen) atoms. The van der Waals surface area contributed by atoms with Crippen LogP contribution in [0.1, 0.15) is 44.5 Å². The largest absolute Gasteiger partial charge is 0.408 e. The summed E-state index contributed by atoms with van der Waals surface area (Å²) in [6, 6.07) is 2.69. The number of hydrogen-bond acceptors (Lipinski definition) is 5. The van der Waals surface area contributed by atoms with Crippen molar-refractivity contribution in [2.75, 3.05) is 11.4 Å². The number of anilines is 1. The van der Waals surface area contributed by atoms with E-state index in [1.807, 2.05) is 0 Å². The second kappa shape index (κ2) is 9.40. The Morgan fingerprint density at radius 3 is 2.36 bits per heavy atom. The van der Waals surface area contributed by atoms with Gasteiger partial charge in [-0.05, 0) is 51.5 Å². The lowest BCUT2D eigenvalue weighted by molar-refractivity contribution is -0.153. The number of β-amino-alcohol motifs (C(OH)–C–C–N with tert-alkyl or cyclic N) is 1. The third kappa shape index (κ3) is 4.75. The van der Waals surface area contributed by atoms with Gasteiger partial charge < -0.3 is 10.4 Å². The van der Waals surface area contributed by atoms with Crippen molar-refractivity contribution in [1.29, 1.82) is 0 Å². The van der Waals surface area contributed by atoms with E-state index in [9.17, 15) is 41.4 Å². The highest BCUT2D eigenvalue weighted by Gasteiger charge is 2.55. The molecule has 2 amide bonds. The Kier molecular flexibility index (Phi) is 6.78. The summed E-state index contributed by atoms with van der Waals surface area (Å²) in [7, 11) is 0. The maximum atomic E-state index is 14.9. The van der Waals surface area contributed by atoms with Crippen LogP contribution in [0.5, 0.6) is 0 Å². The molecule has 4 rings (SSSR count). The molecule has 3 heterocycles. The normalized spacial score (nSPS) is 19.9. The molecule has 0 radical (unpaired) electrons. The quantitative estimate of drug-likeness (QED) is 0.468. The molecular weight excluding hydrogens is 527 g/mol. The predicted molar refractivity (Wildman–Crippen MR) is 132 cm³/mol. The zero-order chi connectivity index (χ0) is 29.1. The summed E-state index contributed by atoms with van der Waals surface area (Å²) in [5.74, 6) is -3.86. The third-order valence-corrected chi connectivity index (χ3v) is 7.23. The zero-order valence-electron chi connectivity index (χ0n) is 21.4. The fourth-order valence-electron chi connectivity index (χ4n) is 4.35. The van der Waals surface area contributed by atoms with E-state index in [0.29, 0.717) is 6.07 Å². The predicted octanol–water partition coefficient (Wildman–Crippen LogP) is 3.86. The van der Waals surface area contributed by atoms with Crippen molar-refractivity contribution in [3.8, 4) is 5.69 Å². The smallest absolute Gasteiger partial charge is 0.387 e. The number of rotatable bonds is 5. The molecule has 2 N–H and O–H groups in total. The van der Waals surface area contributed by atoms with E-state index in [1.165, 1.54) is 30.9 Å². The maximum Gasteiger partial charge on any atom is 0.408 e. The first-order valence-corrected chi connectivity index (χ1v) is 11.9. The molecule has 0 bridgehead atoms. The highest BCUT2D eigenvalue weighted by molar-refractivity contribution is 6.01. The minimum Gasteiger partial charge on any atom is -0.387 e. The van der Waals surface area contributed by atoms with Crippen LogP contribution in [-0.4, -0.2) is 50.8 Å². The van der Waals surface area contributed by atoms with Crippen molar-refractivity contribution >= 4 is 28.7 Å². The first kappa shape index (κ1) is 28.1. The minimum absolute atomic E-state index is 0.00524. The summed E-state index contributed by atoms with van der Waals surface area (Å²) < 4.78 is 69.3. The molecule has 208 valence electrons. The number of aliphatic hydroxyl groups is 1. The standard InChI is InChI=1S/C26H25F5N4O4/c1-5-18(26(29,30)31)32-22(37)15-11-34(17-8-6-13(27)10-16(17)28)21-14(20(15)36)7-9-19(33-21)35-12-25(4,39)24(2,3)23(35)38/h6-11,18,39H,5,12H2,1-4H3,(H,32,37)/t18-,25?/m1/s1. The number of nitrogens with one attached hydrogen (secondary N) is 1. The first-order valence-electron chi connectivity index (χ1n) is 11.9. The second-order valence-electron chi connectivity index (χ2n) is 10.1. The lowest BCUT2D eigenvalue weighted by Gasteiger charge is -2.28. The number of carbonyl (C=O) groups is 2. The molecule has 1 fully saturated rings. The molecule has 2 aromatic heterocycles. The van der Waals surface area contributed by atoms with Crippen LogP contribution in [0.15, 0.2) is 41.3 Å². The van der Waals surface area contributed by atoms with Gasteiger partial charge in [-0.15, -0.1) is 0 Å². The van der Waals surface area contributed by atoms with Gasteiger partial charge in [0.1, 0.15) is 29.1 Å². The van der Waals surface area contributed by atoms with Crippen LogP contribution in [0, 0.1) is 17.0 Å². The van der Waals surface area contributed by atoms with E-state index in [2.05, 4.69) is 4.98 Å². The van der Waals surface area contributed by atoms with Crippen molar-refractivity contribution in [2.45, 2.75) is 51.9 Å². The number of alkyl halides is 3. The van der Waals surface area contributed by atoms with Gasteiger partial charge >= 0.3 is 6.18 Å². The van der Waals surface area contributed by atoms with Crippen molar-refractivity contribution in [2.24, 2.45) is 5.41 Å². The van der Waals surface area contributed by atoms with Crippen LogP contribution in [0.2, 0.25) is 0 Å². The van der Waals surface area contributed by atoms with Crippen LogP contribution < -0.4 is 15.6 Å². The number of nitrogens with zero attached hydrogens (tertiary/aromatic N) is 3. The first-order chi connectivity index (χ1) is 18.0. The van der Waals surface area contributed by atoms with Crippen molar-refractivity contribution in [3.63, 3.8) is 0 Å². The molecule has 1 aliphatic rings. The molecule has 8 nitrogen and oxygen atoms in total. The summed E-state index contributed by atoms with van der Waals surface area (Å²) in [4.78, 5) is 44.7. The molecular formula is C26H25F5N4O4. The highest BCUT2D eigenvalue weighted by Crippen LogP contribution is 2.41. The van der Waals surface area contributed by atoms with Gasteiger partial charge in [-0.1, -0.05) is 6.92 Å². The number of benzene rings is 1. The summed E-state index contributed by atoms with van der Waals surface area (Å²) in [5.41, 5.74) is -4.97. The molecule has 0 aliphatic carbocycles. The SMILES string of the molecule is CC[C@@H](NC(=O)c1cn(-c2ccc(F)cc2F)c2nc(N3CC(C)(O)C(C)(C)C3=O)ccc2c1=O)C(F)(F)F. The van der Waals surface area contributed by atoms with E-state index in [0.717, 1.165) is 22.9 Å². The van der Waals surface area contributed by atoms with Gasteiger partial charge in [-0.25, -0.2) is 13.8 Å². The van der Waals surface area contributed by atoms with E-state index in [4.69, 9.17) is 0 Å². The van der Waals surface area contributed by atoms with Gasteiger partial charge in [0.25, 0.3) is 5.91 Å². The van der Waals surface area contributed by atoms with Crippen molar-refractivity contribution in [1.82, 2.24) is 14.9 Å². The Bertz CT molecular complexity index is 1550. The lowest BCUT2D eigenvalue weighted by atomic mass is 9.79. The topological polar surface area (TPSA) is 105 Å². The summed E-state index contributed by atoms with van der Waals surface area (Å²) in [6.45, 7) is 5.63. The molecule has 3 aromatic rings. The van der Waals surface area contributed by atoms with Gasteiger partial charge in [-0.2, -0.15) is 13.2 Å². The molecule has 0 saturated carbocycles. The van der Waals surface area contributed by atoms with Gasteiger partial charge in [0, 0.05) is 12.3 Å². The average Bonchev–Trinajstić information content (AvgIpc) is 3.00. The summed E-state index contributed by atoms with van der Waals surface area (Å²) >= 11 is 0. The van der Waals surface area contributed by atoms with E-state index >= 15 is 0 Å². The highest BCUT2D eigenvalue weighted by atomic mass is 19.4. The average molecular weight is 553 g/mol. The molecule has 1 saturated heterocycles. The lowest BCUT2D eigenvalue weighted by Crippen LogP contribution is -2.46. The summed E-state index contributed by atoms with van der Waals surface area (Å²) in [5, 5.41) is 12.3. The monoisotopic (exact) mass is 552 g/mol. The van der Waals surface area contributed by atoms with E-state index < -0.39 is 64.1 Å². The Labute approximate surface area is 219 Å². The van der Waals surface area contributed by atoms with E-state index in [1.54, 1.807) is 19.2 Å². The van der Waals surface area contributed by atoms with Crippen LogP contribution >= 0.6 is 0 Å². The zero-order valence-corrected chi connectivity index (χ0v) is 21.4. The summed E-state index contributed by atoms with van der Waals surface area (Å²) in [6.07, 6.45) is -4.46. The molecule has 0 spiro atoms. The maximum absolute atomic E-state index is 14.9. The fraction of sp³-hybridized carbons (Fsp3) is 0.385. The number of halogens is 5. The second-order valence-corrected chi connectivity index (χ2v) is 10.1. The van der Waals surface area contributed by atoms with Gasteiger partial charge in [-0.3, -0.25) is 23.9 Å². The number of pyridine rings is 2. The van der Waals surface area contributed by atoms with Gasteiger partial charge in [0.15, 0.2) is 5.65 Å². The van der Waals surface area contributed by atoms with Crippen LogP contribution in [-0.2, 0) is 4.79 Å². The van der Waals surface area contributed by atoms with Crippen molar-refractivity contribution < 1.29 is 36.6 Å². The Morgan fingerprint density at radius 1 is 1.15 bits per heavy atom. The number of fused-ring (bicyclic) bond motifs is 1. The van der Waals surface area contributed by atoms with Crippen LogP contribution in [0.3, 0.4) is 0 Å². The molecule has 13 heteroatoms. The number of amides is 2. The Balaban J connectivity index is 1.94.